The minimum absolute atomic E-state index is 0.0283. The molecule has 3 unspecified atom stereocenters. The minimum Gasteiger partial charge on any atom is -0.376 e. The summed E-state index contributed by atoms with van der Waals surface area (Å²) in [5, 5.41) is 3.39. The van der Waals surface area contributed by atoms with Crippen molar-refractivity contribution in [3.8, 4) is 0 Å². The molecule has 1 aromatic carbocycles. The molecule has 0 spiro atoms. The molecule has 112 valence electrons. The van der Waals surface area contributed by atoms with E-state index in [-0.39, 0.29) is 17.7 Å². The summed E-state index contributed by atoms with van der Waals surface area (Å²) in [7, 11) is 0. The van der Waals surface area contributed by atoms with Crippen molar-refractivity contribution in [1.29, 1.82) is 0 Å². The predicted molar refractivity (Wildman–Crippen MR) is 75.7 cm³/mol. The van der Waals surface area contributed by atoms with Crippen LogP contribution in [-0.2, 0) is 11.2 Å². The molecule has 0 bridgehead atoms. The molecule has 2 nitrogen and oxygen atoms in total. The summed E-state index contributed by atoms with van der Waals surface area (Å²) in [6.45, 7) is 5.77. The van der Waals surface area contributed by atoms with Gasteiger partial charge in [-0.15, -0.1) is 0 Å². The quantitative estimate of drug-likeness (QED) is 0.865. The van der Waals surface area contributed by atoms with Crippen molar-refractivity contribution in [2.75, 3.05) is 13.2 Å². The summed E-state index contributed by atoms with van der Waals surface area (Å²) in [6, 6.07) is 3.98. The summed E-state index contributed by atoms with van der Waals surface area (Å²) in [4.78, 5) is 0. The third kappa shape index (κ3) is 3.55. The molecule has 1 fully saturated rings. The first-order valence-corrected chi connectivity index (χ1v) is 7.41. The molecule has 1 heterocycles. The summed E-state index contributed by atoms with van der Waals surface area (Å²) in [6.07, 6.45) is 2.35. The second-order valence-electron chi connectivity index (χ2n) is 5.57. The van der Waals surface area contributed by atoms with Crippen molar-refractivity contribution >= 4 is 0 Å². The Kier molecular flexibility index (Phi) is 5.49. The Bertz CT molecular complexity index is 418. The van der Waals surface area contributed by atoms with Gasteiger partial charge in [0, 0.05) is 18.2 Å². The number of benzene rings is 1. The van der Waals surface area contributed by atoms with Crippen LogP contribution in [0.3, 0.4) is 0 Å². The molecule has 2 rings (SSSR count). The summed E-state index contributed by atoms with van der Waals surface area (Å²) in [5.41, 5.74) is 0.156. The van der Waals surface area contributed by atoms with E-state index >= 15 is 0 Å². The lowest BCUT2D eigenvalue weighted by Gasteiger charge is -2.27. The van der Waals surface area contributed by atoms with E-state index < -0.39 is 11.6 Å². The lowest BCUT2D eigenvalue weighted by molar-refractivity contribution is 0.0605. The topological polar surface area (TPSA) is 21.3 Å². The van der Waals surface area contributed by atoms with Crippen molar-refractivity contribution in [3.63, 3.8) is 0 Å². The fourth-order valence-corrected chi connectivity index (χ4v) is 2.81. The monoisotopic (exact) mass is 283 g/mol. The maximum absolute atomic E-state index is 13.8. The van der Waals surface area contributed by atoms with Gasteiger partial charge in [0.25, 0.3) is 0 Å². The van der Waals surface area contributed by atoms with Gasteiger partial charge >= 0.3 is 0 Å². The number of hydrogen-bond donors (Lipinski definition) is 1. The smallest absolute Gasteiger partial charge is 0.129 e. The van der Waals surface area contributed by atoms with Gasteiger partial charge in [0.1, 0.15) is 11.6 Å². The first-order chi connectivity index (χ1) is 9.63. The Balaban J connectivity index is 2.14. The largest absolute Gasteiger partial charge is 0.376 e. The number of ether oxygens (including phenoxy) is 1. The van der Waals surface area contributed by atoms with E-state index in [1.807, 2.05) is 0 Å². The van der Waals surface area contributed by atoms with E-state index in [1.165, 1.54) is 18.2 Å². The van der Waals surface area contributed by atoms with Crippen molar-refractivity contribution in [1.82, 2.24) is 5.32 Å². The third-order valence-electron chi connectivity index (χ3n) is 3.98. The van der Waals surface area contributed by atoms with Crippen molar-refractivity contribution < 1.29 is 13.5 Å². The van der Waals surface area contributed by atoms with Crippen LogP contribution in [0.2, 0.25) is 0 Å². The van der Waals surface area contributed by atoms with Crippen LogP contribution in [-0.4, -0.2) is 25.3 Å². The van der Waals surface area contributed by atoms with E-state index in [4.69, 9.17) is 4.74 Å². The normalized spacial score (nSPS) is 24.0. The Morgan fingerprint density at radius 2 is 2.05 bits per heavy atom. The second kappa shape index (κ2) is 7.14. The van der Waals surface area contributed by atoms with Gasteiger partial charge in [0.05, 0.1) is 6.10 Å². The highest BCUT2D eigenvalue weighted by Crippen LogP contribution is 2.26. The minimum atomic E-state index is -0.473. The van der Waals surface area contributed by atoms with Gasteiger partial charge in [0.2, 0.25) is 0 Å². The van der Waals surface area contributed by atoms with Gasteiger partial charge in [0.15, 0.2) is 0 Å². The average molecular weight is 283 g/mol. The molecule has 1 aromatic rings. The summed E-state index contributed by atoms with van der Waals surface area (Å²) in [5.74, 6) is -0.530. The zero-order valence-corrected chi connectivity index (χ0v) is 12.2. The van der Waals surface area contributed by atoms with Gasteiger partial charge in [-0.1, -0.05) is 19.9 Å². The molecule has 3 atom stereocenters. The number of nitrogens with one attached hydrogen (secondary N) is 1. The highest BCUT2D eigenvalue weighted by Gasteiger charge is 2.32. The Hall–Kier alpha value is -1.00. The Morgan fingerprint density at radius 1 is 1.35 bits per heavy atom. The second-order valence-corrected chi connectivity index (χ2v) is 5.57. The van der Waals surface area contributed by atoms with Crippen LogP contribution in [0, 0.1) is 17.6 Å². The maximum Gasteiger partial charge on any atom is 0.129 e. The molecule has 0 aromatic heterocycles. The number of hydrogen-bond acceptors (Lipinski definition) is 2. The maximum atomic E-state index is 13.8. The molecule has 1 saturated heterocycles. The molecule has 0 radical (unpaired) electrons. The van der Waals surface area contributed by atoms with E-state index in [2.05, 4.69) is 19.2 Å². The molecular formula is C16H23F2NO. The lowest BCUT2D eigenvalue weighted by Crippen LogP contribution is -2.44. The fraction of sp³-hybridized carbons (Fsp3) is 0.625. The highest BCUT2D eigenvalue weighted by atomic mass is 19.1. The standard InChI is InChI=1S/C16H23F2NO/c1-3-8-19-15(16-11(2)7-9-20-16)10-12-13(17)5-4-6-14(12)18/h4-6,11,15-16,19H,3,7-10H2,1-2H3. The fourth-order valence-electron chi connectivity index (χ4n) is 2.81. The average Bonchev–Trinajstić information content (AvgIpc) is 2.84. The third-order valence-corrected chi connectivity index (χ3v) is 3.98. The SMILES string of the molecule is CCCNC(Cc1c(F)cccc1F)C1OCCC1C. The highest BCUT2D eigenvalue weighted by molar-refractivity contribution is 5.21. The Labute approximate surface area is 119 Å². The van der Waals surface area contributed by atoms with Gasteiger partial charge < -0.3 is 10.1 Å². The summed E-state index contributed by atoms with van der Waals surface area (Å²) >= 11 is 0. The van der Waals surface area contributed by atoms with Crippen molar-refractivity contribution in [2.45, 2.75) is 45.3 Å². The van der Waals surface area contributed by atoms with E-state index in [1.54, 1.807) is 0 Å². The van der Waals surface area contributed by atoms with E-state index in [0.717, 1.165) is 26.0 Å². The van der Waals surface area contributed by atoms with Gasteiger partial charge in [-0.25, -0.2) is 8.78 Å². The molecule has 0 amide bonds. The van der Waals surface area contributed by atoms with Gasteiger partial charge in [-0.05, 0) is 43.9 Å². The first-order valence-electron chi connectivity index (χ1n) is 7.41. The molecule has 4 heteroatoms. The summed E-state index contributed by atoms with van der Waals surface area (Å²) < 4.78 is 33.4. The van der Waals surface area contributed by atoms with Gasteiger partial charge in [-0.3, -0.25) is 0 Å². The molecule has 0 saturated carbocycles. The predicted octanol–water partition coefficient (Wildman–Crippen LogP) is 3.30. The van der Waals surface area contributed by atoms with Crippen molar-refractivity contribution in [2.24, 2.45) is 5.92 Å². The molecular weight excluding hydrogens is 260 g/mol. The molecule has 20 heavy (non-hydrogen) atoms. The van der Waals surface area contributed by atoms with Crippen LogP contribution in [0.4, 0.5) is 8.78 Å². The molecule has 1 aliphatic rings. The van der Waals surface area contributed by atoms with Crippen LogP contribution in [0.5, 0.6) is 0 Å². The van der Waals surface area contributed by atoms with Crippen LogP contribution < -0.4 is 5.32 Å². The van der Waals surface area contributed by atoms with Crippen LogP contribution in [0.25, 0.3) is 0 Å². The van der Waals surface area contributed by atoms with Crippen LogP contribution in [0.1, 0.15) is 32.3 Å². The number of halogens is 2. The molecule has 1 aliphatic heterocycles. The van der Waals surface area contributed by atoms with E-state index in [9.17, 15) is 8.78 Å². The Morgan fingerprint density at radius 3 is 2.60 bits per heavy atom. The van der Waals surface area contributed by atoms with Crippen LogP contribution in [0.15, 0.2) is 18.2 Å². The first kappa shape index (κ1) is 15.4. The zero-order chi connectivity index (χ0) is 14.5. The number of rotatable bonds is 6. The van der Waals surface area contributed by atoms with Crippen LogP contribution >= 0.6 is 0 Å². The van der Waals surface area contributed by atoms with Crippen molar-refractivity contribution in [3.05, 3.63) is 35.4 Å². The molecule has 1 N–H and O–H groups in total. The zero-order valence-electron chi connectivity index (χ0n) is 12.2. The van der Waals surface area contributed by atoms with E-state index in [0.29, 0.717) is 12.3 Å². The lowest BCUT2D eigenvalue weighted by atomic mass is 9.92. The molecule has 0 aliphatic carbocycles. The van der Waals surface area contributed by atoms with Gasteiger partial charge in [-0.2, -0.15) is 0 Å².